The molecule has 154 valence electrons. The van der Waals surface area contributed by atoms with Crippen molar-refractivity contribution in [3.8, 4) is 0 Å². The zero-order chi connectivity index (χ0) is 19.9. The number of quaternary nitrogens is 2. The van der Waals surface area contributed by atoms with E-state index >= 15 is 0 Å². The lowest BCUT2D eigenvalue weighted by molar-refractivity contribution is -1.00. The Balaban J connectivity index is 1.41. The summed E-state index contributed by atoms with van der Waals surface area (Å²) in [7, 11) is 0. The van der Waals surface area contributed by atoms with Crippen LogP contribution in [0, 0.1) is 13.8 Å². The highest BCUT2D eigenvalue weighted by Crippen LogP contribution is 2.18. The largest absolute Gasteiger partial charge is 0.338 e. The lowest BCUT2D eigenvalue weighted by atomic mass is 10.1. The van der Waals surface area contributed by atoms with Crippen LogP contribution in [0.2, 0.25) is 0 Å². The molecule has 2 aliphatic rings. The van der Waals surface area contributed by atoms with Crippen LogP contribution < -0.4 is 15.1 Å². The Kier molecular flexibility index (Phi) is 7.45. The topological polar surface area (TPSA) is 58.3 Å². The van der Waals surface area contributed by atoms with Gasteiger partial charge in [-0.05, 0) is 37.8 Å². The standard InChI is InChI=1S/C22H34N4O2/c1-18-8-7-9-19(2)22(18)23-20(27)16-24-12-14-25(15-13-24)17-21(28)26-10-5-3-4-6-11-26/h7-9H,3-6,10-17H2,1-2H3,(H,23,27)/p+2. The number of likely N-dealkylation sites (tertiary alicyclic amines) is 1. The van der Waals surface area contributed by atoms with Crippen molar-refractivity contribution in [1.82, 2.24) is 4.90 Å². The smallest absolute Gasteiger partial charge is 0.279 e. The number of hydrogen-bond acceptors (Lipinski definition) is 2. The van der Waals surface area contributed by atoms with Crippen LogP contribution in [0.25, 0.3) is 0 Å². The number of carbonyl (C=O) groups is 2. The molecule has 0 aliphatic carbocycles. The van der Waals surface area contributed by atoms with Crippen molar-refractivity contribution in [2.75, 3.05) is 57.7 Å². The molecular weight excluding hydrogens is 352 g/mol. The molecule has 0 spiro atoms. The fraction of sp³-hybridized carbons (Fsp3) is 0.636. The molecule has 0 radical (unpaired) electrons. The molecule has 2 saturated heterocycles. The first kappa shape index (κ1) is 20.8. The molecule has 3 rings (SSSR count). The summed E-state index contributed by atoms with van der Waals surface area (Å²) >= 11 is 0. The Morgan fingerprint density at radius 3 is 2.00 bits per heavy atom. The highest BCUT2D eigenvalue weighted by Gasteiger charge is 2.28. The van der Waals surface area contributed by atoms with Gasteiger partial charge in [0.05, 0.1) is 0 Å². The average molecular weight is 389 g/mol. The zero-order valence-corrected chi connectivity index (χ0v) is 17.5. The van der Waals surface area contributed by atoms with Crippen LogP contribution in [0.1, 0.15) is 36.8 Å². The second kappa shape index (κ2) is 10.0. The molecule has 0 atom stereocenters. The molecule has 1 aromatic rings. The summed E-state index contributed by atoms with van der Waals surface area (Å²) in [5, 5.41) is 3.09. The molecule has 2 heterocycles. The highest BCUT2D eigenvalue weighted by atomic mass is 16.2. The minimum absolute atomic E-state index is 0.0801. The molecule has 3 N–H and O–H groups in total. The van der Waals surface area contributed by atoms with Gasteiger partial charge in [0.1, 0.15) is 26.2 Å². The van der Waals surface area contributed by atoms with Crippen LogP contribution in [-0.4, -0.2) is 69.1 Å². The summed E-state index contributed by atoms with van der Waals surface area (Å²) in [6.07, 6.45) is 4.80. The van der Waals surface area contributed by atoms with Crippen molar-refractivity contribution in [1.29, 1.82) is 0 Å². The summed E-state index contributed by atoms with van der Waals surface area (Å²) in [5.41, 5.74) is 3.15. The molecule has 0 bridgehead atoms. The summed E-state index contributed by atoms with van der Waals surface area (Å²) in [6.45, 7) is 10.9. The van der Waals surface area contributed by atoms with E-state index in [1.54, 1.807) is 0 Å². The van der Waals surface area contributed by atoms with Gasteiger partial charge in [-0.25, -0.2) is 0 Å². The van der Waals surface area contributed by atoms with Crippen molar-refractivity contribution in [2.45, 2.75) is 39.5 Å². The predicted molar refractivity (Wildman–Crippen MR) is 111 cm³/mol. The van der Waals surface area contributed by atoms with Crippen molar-refractivity contribution in [3.05, 3.63) is 29.3 Å². The number of carbonyl (C=O) groups excluding carboxylic acids is 2. The van der Waals surface area contributed by atoms with E-state index < -0.39 is 0 Å². The van der Waals surface area contributed by atoms with E-state index in [0.717, 1.165) is 68.9 Å². The Morgan fingerprint density at radius 1 is 0.893 bits per heavy atom. The van der Waals surface area contributed by atoms with Gasteiger partial charge >= 0.3 is 0 Å². The lowest BCUT2D eigenvalue weighted by Gasteiger charge is -2.30. The van der Waals surface area contributed by atoms with E-state index in [4.69, 9.17) is 0 Å². The van der Waals surface area contributed by atoms with Gasteiger partial charge in [0.15, 0.2) is 13.1 Å². The first-order valence-corrected chi connectivity index (χ1v) is 10.8. The monoisotopic (exact) mass is 388 g/mol. The van der Waals surface area contributed by atoms with Crippen LogP contribution in [0.5, 0.6) is 0 Å². The summed E-state index contributed by atoms with van der Waals surface area (Å²) in [4.78, 5) is 29.8. The zero-order valence-electron chi connectivity index (χ0n) is 17.5. The fourth-order valence-electron chi connectivity index (χ4n) is 4.38. The summed E-state index contributed by atoms with van der Waals surface area (Å²) < 4.78 is 0. The number of nitrogens with one attached hydrogen (secondary N) is 3. The van der Waals surface area contributed by atoms with Crippen molar-refractivity contribution in [2.24, 2.45) is 0 Å². The molecular formula is C22H36N4O2+2. The maximum absolute atomic E-state index is 12.6. The van der Waals surface area contributed by atoms with Crippen LogP contribution >= 0.6 is 0 Å². The van der Waals surface area contributed by atoms with Crippen molar-refractivity contribution in [3.63, 3.8) is 0 Å². The number of nitrogens with zero attached hydrogens (tertiary/aromatic N) is 1. The molecule has 2 amide bonds. The van der Waals surface area contributed by atoms with E-state index in [-0.39, 0.29) is 5.91 Å². The quantitative estimate of drug-likeness (QED) is 0.633. The van der Waals surface area contributed by atoms with Crippen LogP contribution in [0.3, 0.4) is 0 Å². The third-order valence-electron chi connectivity index (χ3n) is 6.18. The maximum atomic E-state index is 12.6. The first-order valence-electron chi connectivity index (χ1n) is 10.8. The van der Waals surface area contributed by atoms with E-state index in [9.17, 15) is 9.59 Å². The second-order valence-corrected chi connectivity index (χ2v) is 8.46. The third-order valence-corrected chi connectivity index (χ3v) is 6.18. The first-order chi connectivity index (χ1) is 13.5. The Morgan fingerprint density at radius 2 is 1.43 bits per heavy atom. The average Bonchev–Trinajstić information content (AvgIpc) is 2.96. The molecule has 2 fully saturated rings. The third kappa shape index (κ3) is 5.79. The minimum Gasteiger partial charge on any atom is -0.338 e. The molecule has 28 heavy (non-hydrogen) atoms. The van der Waals surface area contributed by atoms with E-state index in [0.29, 0.717) is 19.0 Å². The van der Waals surface area contributed by atoms with Crippen molar-refractivity contribution < 1.29 is 19.4 Å². The van der Waals surface area contributed by atoms with Crippen LogP contribution in [-0.2, 0) is 9.59 Å². The van der Waals surface area contributed by atoms with E-state index in [1.165, 1.54) is 22.6 Å². The predicted octanol–water partition coefficient (Wildman–Crippen LogP) is -0.572. The number of amides is 2. The van der Waals surface area contributed by atoms with Crippen LogP contribution in [0.4, 0.5) is 5.69 Å². The number of hydrogen-bond donors (Lipinski definition) is 3. The lowest BCUT2D eigenvalue weighted by Crippen LogP contribution is -3.28. The Labute approximate surface area is 168 Å². The number of para-hydroxylation sites is 1. The van der Waals surface area contributed by atoms with Crippen molar-refractivity contribution >= 4 is 17.5 Å². The molecule has 0 unspecified atom stereocenters. The number of benzene rings is 1. The van der Waals surface area contributed by atoms with Gasteiger partial charge in [-0.2, -0.15) is 0 Å². The van der Waals surface area contributed by atoms with Gasteiger partial charge < -0.3 is 20.0 Å². The van der Waals surface area contributed by atoms with Gasteiger partial charge in [0.25, 0.3) is 11.8 Å². The Hall–Kier alpha value is -1.92. The Bertz CT molecular complexity index is 655. The molecule has 0 saturated carbocycles. The van der Waals surface area contributed by atoms with Gasteiger partial charge in [-0.1, -0.05) is 31.0 Å². The molecule has 6 heteroatoms. The van der Waals surface area contributed by atoms with E-state index in [2.05, 4.69) is 10.2 Å². The summed E-state index contributed by atoms with van der Waals surface area (Å²) in [5.74, 6) is 0.393. The fourth-order valence-corrected chi connectivity index (χ4v) is 4.38. The molecule has 6 nitrogen and oxygen atoms in total. The van der Waals surface area contributed by atoms with Gasteiger partial charge in [-0.15, -0.1) is 0 Å². The van der Waals surface area contributed by atoms with Gasteiger partial charge in [0, 0.05) is 18.8 Å². The second-order valence-electron chi connectivity index (χ2n) is 8.46. The SMILES string of the molecule is Cc1cccc(C)c1NC(=O)C[NH+]1CC[NH+](CC(=O)N2CCCCCC2)CC1. The van der Waals surface area contributed by atoms with E-state index in [1.807, 2.05) is 32.0 Å². The summed E-state index contributed by atoms with van der Waals surface area (Å²) in [6, 6.07) is 6.07. The molecule has 1 aromatic carbocycles. The number of rotatable bonds is 5. The number of aryl methyl sites for hydroxylation is 2. The van der Waals surface area contributed by atoms with Crippen LogP contribution in [0.15, 0.2) is 18.2 Å². The van der Waals surface area contributed by atoms with Gasteiger partial charge in [0.2, 0.25) is 0 Å². The minimum atomic E-state index is 0.0801. The number of anilines is 1. The highest BCUT2D eigenvalue weighted by molar-refractivity contribution is 5.93. The normalized spacial score (nSPS) is 23.1. The van der Waals surface area contributed by atoms with Gasteiger partial charge in [-0.3, -0.25) is 9.59 Å². The molecule has 2 aliphatic heterocycles. The maximum Gasteiger partial charge on any atom is 0.279 e. The molecule has 0 aromatic heterocycles. The number of piperazine rings is 1.